The number of ether oxygens (including phenoxy) is 2. The van der Waals surface area contributed by atoms with Crippen LogP contribution in [-0.2, 0) is 11.3 Å². The van der Waals surface area contributed by atoms with E-state index in [-0.39, 0.29) is 0 Å². The van der Waals surface area contributed by atoms with Gasteiger partial charge in [-0.3, -0.25) is 4.90 Å². The van der Waals surface area contributed by atoms with Crippen molar-refractivity contribution >= 4 is 0 Å². The lowest BCUT2D eigenvalue weighted by atomic mass is 10.1. The van der Waals surface area contributed by atoms with Gasteiger partial charge in [-0.05, 0) is 24.1 Å². The van der Waals surface area contributed by atoms with Crippen molar-refractivity contribution in [1.29, 1.82) is 5.26 Å². The molecule has 2 rings (SSSR count). The zero-order chi connectivity index (χ0) is 13.7. The van der Waals surface area contributed by atoms with Gasteiger partial charge in [0.05, 0.1) is 25.4 Å². The van der Waals surface area contributed by atoms with Crippen molar-refractivity contribution in [1.82, 2.24) is 4.90 Å². The molecular weight excluding hydrogens is 240 g/mol. The van der Waals surface area contributed by atoms with Crippen molar-refractivity contribution in [2.45, 2.75) is 26.0 Å². The van der Waals surface area contributed by atoms with Crippen LogP contribution in [0.25, 0.3) is 0 Å². The minimum Gasteiger partial charge on any atom is -0.495 e. The third-order valence-electron chi connectivity index (χ3n) is 3.47. The van der Waals surface area contributed by atoms with E-state index in [0.717, 1.165) is 32.7 Å². The fraction of sp³-hybridized carbons (Fsp3) is 0.533. The fourth-order valence-electron chi connectivity index (χ4n) is 2.36. The molecule has 1 aromatic rings. The van der Waals surface area contributed by atoms with Crippen LogP contribution < -0.4 is 4.74 Å². The standard InChI is InChI=1S/C15H20N2O2/c1-3-14-11-17(6-7-19-14)10-12-4-5-13(9-16)15(8-12)18-2/h4-5,8,14H,3,6-7,10-11H2,1-2H3. The number of methoxy groups -OCH3 is 1. The molecule has 4 nitrogen and oxygen atoms in total. The highest BCUT2D eigenvalue weighted by atomic mass is 16.5. The first-order valence-corrected chi connectivity index (χ1v) is 6.67. The van der Waals surface area contributed by atoms with E-state index in [1.54, 1.807) is 7.11 Å². The quantitative estimate of drug-likeness (QED) is 0.832. The second-order valence-corrected chi connectivity index (χ2v) is 4.78. The van der Waals surface area contributed by atoms with Gasteiger partial charge in [0, 0.05) is 19.6 Å². The summed E-state index contributed by atoms with van der Waals surface area (Å²) < 4.78 is 10.9. The molecule has 1 atom stereocenters. The van der Waals surface area contributed by atoms with Crippen LogP contribution in [0, 0.1) is 11.3 Å². The van der Waals surface area contributed by atoms with Gasteiger partial charge in [0.1, 0.15) is 11.8 Å². The summed E-state index contributed by atoms with van der Waals surface area (Å²) in [6, 6.07) is 7.91. The molecule has 0 aliphatic carbocycles. The molecule has 0 bridgehead atoms. The van der Waals surface area contributed by atoms with Crippen LogP contribution in [0.15, 0.2) is 18.2 Å². The van der Waals surface area contributed by atoms with Crippen LogP contribution in [0.3, 0.4) is 0 Å². The van der Waals surface area contributed by atoms with Crippen LogP contribution in [0.5, 0.6) is 5.75 Å². The zero-order valence-corrected chi connectivity index (χ0v) is 11.6. The molecule has 1 aromatic carbocycles. The Hall–Kier alpha value is -1.57. The van der Waals surface area contributed by atoms with Crippen molar-refractivity contribution < 1.29 is 9.47 Å². The Morgan fingerprint density at radius 2 is 2.37 bits per heavy atom. The van der Waals surface area contributed by atoms with Crippen molar-refractivity contribution in [3.05, 3.63) is 29.3 Å². The predicted molar refractivity (Wildman–Crippen MR) is 73.0 cm³/mol. The molecule has 1 aliphatic heterocycles. The number of hydrogen-bond acceptors (Lipinski definition) is 4. The van der Waals surface area contributed by atoms with E-state index in [1.807, 2.05) is 18.2 Å². The molecule has 1 unspecified atom stereocenters. The van der Waals surface area contributed by atoms with Gasteiger partial charge >= 0.3 is 0 Å². The average Bonchev–Trinajstić information content (AvgIpc) is 2.47. The van der Waals surface area contributed by atoms with Crippen molar-refractivity contribution in [2.24, 2.45) is 0 Å². The second kappa shape index (κ2) is 6.55. The molecular formula is C15H20N2O2. The highest BCUT2D eigenvalue weighted by Crippen LogP contribution is 2.21. The number of morpholine rings is 1. The summed E-state index contributed by atoms with van der Waals surface area (Å²) in [4.78, 5) is 2.39. The van der Waals surface area contributed by atoms with Gasteiger partial charge in [-0.25, -0.2) is 0 Å². The van der Waals surface area contributed by atoms with E-state index in [0.29, 0.717) is 17.4 Å². The third-order valence-corrected chi connectivity index (χ3v) is 3.47. The molecule has 0 saturated carbocycles. The minimum absolute atomic E-state index is 0.342. The lowest BCUT2D eigenvalue weighted by molar-refractivity contribution is -0.0324. The first-order chi connectivity index (χ1) is 9.26. The minimum atomic E-state index is 0.342. The molecule has 1 aliphatic rings. The normalized spacial score (nSPS) is 19.9. The molecule has 0 radical (unpaired) electrons. The van der Waals surface area contributed by atoms with Crippen LogP contribution in [0.1, 0.15) is 24.5 Å². The van der Waals surface area contributed by atoms with Gasteiger partial charge in [-0.1, -0.05) is 13.0 Å². The Labute approximate surface area is 114 Å². The van der Waals surface area contributed by atoms with Gasteiger partial charge in [0.25, 0.3) is 0 Å². The Balaban J connectivity index is 2.05. The summed E-state index contributed by atoms with van der Waals surface area (Å²) in [5, 5.41) is 8.97. The van der Waals surface area contributed by atoms with E-state index in [4.69, 9.17) is 14.7 Å². The summed E-state index contributed by atoms with van der Waals surface area (Å²) in [5.74, 6) is 0.653. The first kappa shape index (κ1) is 13.9. The topological polar surface area (TPSA) is 45.5 Å². The smallest absolute Gasteiger partial charge is 0.136 e. The monoisotopic (exact) mass is 260 g/mol. The van der Waals surface area contributed by atoms with E-state index < -0.39 is 0 Å². The molecule has 102 valence electrons. The summed E-state index contributed by atoms with van der Waals surface area (Å²) in [5.41, 5.74) is 1.76. The highest BCUT2D eigenvalue weighted by molar-refractivity contribution is 5.45. The maximum Gasteiger partial charge on any atom is 0.136 e. The summed E-state index contributed by atoms with van der Waals surface area (Å²) in [7, 11) is 1.60. The van der Waals surface area contributed by atoms with Crippen molar-refractivity contribution in [3.63, 3.8) is 0 Å². The second-order valence-electron chi connectivity index (χ2n) is 4.78. The van der Waals surface area contributed by atoms with Gasteiger partial charge in [-0.15, -0.1) is 0 Å². The number of nitriles is 1. The van der Waals surface area contributed by atoms with E-state index in [2.05, 4.69) is 17.9 Å². The van der Waals surface area contributed by atoms with Crippen LogP contribution in [0.2, 0.25) is 0 Å². The van der Waals surface area contributed by atoms with Crippen LogP contribution >= 0.6 is 0 Å². The lowest BCUT2D eigenvalue weighted by Gasteiger charge is -2.32. The highest BCUT2D eigenvalue weighted by Gasteiger charge is 2.19. The molecule has 19 heavy (non-hydrogen) atoms. The van der Waals surface area contributed by atoms with Crippen LogP contribution in [0.4, 0.5) is 0 Å². The summed E-state index contributed by atoms with van der Waals surface area (Å²) in [6.07, 6.45) is 1.39. The summed E-state index contributed by atoms with van der Waals surface area (Å²) in [6.45, 7) is 5.75. The largest absolute Gasteiger partial charge is 0.495 e. The Bertz CT molecular complexity index is 468. The number of nitrogens with zero attached hydrogens (tertiary/aromatic N) is 2. The molecule has 0 aromatic heterocycles. The number of benzene rings is 1. The Morgan fingerprint density at radius 3 is 3.05 bits per heavy atom. The number of hydrogen-bond donors (Lipinski definition) is 0. The first-order valence-electron chi connectivity index (χ1n) is 6.67. The molecule has 0 amide bonds. The Morgan fingerprint density at radius 1 is 1.53 bits per heavy atom. The fourth-order valence-corrected chi connectivity index (χ4v) is 2.36. The zero-order valence-electron chi connectivity index (χ0n) is 11.6. The summed E-state index contributed by atoms with van der Waals surface area (Å²) >= 11 is 0. The molecule has 1 fully saturated rings. The van der Waals surface area contributed by atoms with Crippen molar-refractivity contribution in [2.75, 3.05) is 26.8 Å². The Kier molecular flexibility index (Phi) is 4.78. The number of rotatable bonds is 4. The van der Waals surface area contributed by atoms with Gasteiger partial charge in [-0.2, -0.15) is 5.26 Å². The molecule has 0 spiro atoms. The SMILES string of the molecule is CCC1CN(Cc2ccc(C#N)c(OC)c2)CCO1. The maximum atomic E-state index is 8.97. The molecule has 1 saturated heterocycles. The van der Waals surface area contributed by atoms with Gasteiger partial charge in [0.15, 0.2) is 0 Å². The van der Waals surface area contributed by atoms with Gasteiger partial charge < -0.3 is 9.47 Å². The lowest BCUT2D eigenvalue weighted by Crippen LogP contribution is -2.41. The average molecular weight is 260 g/mol. The van der Waals surface area contributed by atoms with E-state index in [9.17, 15) is 0 Å². The maximum absolute atomic E-state index is 8.97. The molecule has 4 heteroatoms. The molecule has 1 heterocycles. The van der Waals surface area contributed by atoms with Crippen LogP contribution in [-0.4, -0.2) is 37.8 Å². The molecule has 0 N–H and O–H groups in total. The third kappa shape index (κ3) is 3.46. The van der Waals surface area contributed by atoms with E-state index in [1.165, 1.54) is 5.56 Å². The predicted octanol–water partition coefficient (Wildman–Crippen LogP) is 2.18. The van der Waals surface area contributed by atoms with Crippen molar-refractivity contribution in [3.8, 4) is 11.8 Å². The van der Waals surface area contributed by atoms with Gasteiger partial charge in [0.2, 0.25) is 0 Å². The van der Waals surface area contributed by atoms with E-state index >= 15 is 0 Å².